The van der Waals surface area contributed by atoms with Gasteiger partial charge in [-0.1, -0.05) is 30.2 Å². The number of nitrogens with zero attached hydrogens (tertiary/aromatic N) is 4. The lowest BCUT2D eigenvalue weighted by Crippen LogP contribution is -1.95. The fraction of sp³-hybridized carbons (Fsp3) is 0.115. The van der Waals surface area contributed by atoms with Crippen molar-refractivity contribution >= 4 is 38.8 Å². The smallest absolute Gasteiger partial charge is 0.0995 e. The van der Waals surface area contributed by atoms with Crippen molar-refractivity contribution in [3.05, 3.63) is 83.9 Å². The fourth-order valence-corrected chi connectivity index (χ4v) is 4.06. The molecule has 0 unspecified atom stereocenters. The zero-order chi connectivity index (χ0) is 20.5. The minimum atomic E-state index is 0.393. The molecule has 30 heavy (non-hydrogen) atoms. The molecule has 2 aromatic carbocycles. The predicted octanol–water partition coefficient (Wildman–Crippen LogP) is 4.92. The van der Waals surface area contributed by atoms with E-state index in [9.17, 15) is 0 Å². The normalized spacial score (nSPS) is 11.6. The Morgan fingerprint density at radius 2 is 2.00 bits per heavy atom. The molecule has 3 heterocycles. The van der Waals surface area contributed by atoms with E-state index in [2.05, 4.69) is 67.9 Å². The molecule has 0 amide bonds. The van der Waals surface area contributed by atoms with Crippen molar-refractivity contribution in [2.75, 3.05) is 6.54 Å². The summed E-state index contributed by atoms with van der Waals surface area (Å²) in [6.45, 7) is 0.393. The van der Waals surface area contributed by atoms with Gasteiger partial charge in [0.1, 0.15) is 0 Å². The van der Waals surface area contributed by atoms with E-state index < -0.39 is 0 Å². The Kier molecular flexibility index (Phi) is 4.49. The fourth-order valence-electron chi connectivity index (χ4n) is 4.06. The molecule has 144 valence electrons. The number of hydrogen-bond donors (Lipinski definition) is 0. The third-order valence-electron chi connectivity index (χ3n) is 5.54. The number of aliphatic imine (C=N–C) groups is 1. The number of aromatic nitrogens is 3. The monoisotopic (exact) mass is 388 g/mol. The van der Waals surface area contributed by atoms with Gasteiger partial charge in [-0.05, 0) is 47.2 Å². The minimum absolute atomic E-state index is 0.393. The van der Waals surface area contributed by atoms with E-state index >= 15 is 0 Å². The molecule has 0 aliphatic rings. The highest BCUT2D eigenvalue weighted by Crippen LogP contribution is 2.28. The molecule has 0 saturated heterocycles. The van der Waals surface area contributed by atoms with Crippen LogP contribution in [0.3, 0.4) is 0 Å². The van der Waals surface area contributed by atoms with Crippen molar-refractivity contribution in [3.8, 4) is 12.3 Å². The first-order valence-electron chi connectivity index (χ1n) is 9.86. The molecule has 0 fully saturated rings. The van der Waals surface area contributed by atoms with Crippen molar-refractivity contribution < 1.29 is 0 Å². The highest BCUT2D eigenvalue weighted by molar-refractivity contribution is 6.05. The molecule has 0 saturated carbocycles. The SMILES string of the molecule is C#CCN=Cc1cc2cc(Cc3cncc4c3ccc3cccnc34)ccc2n1C. The largest absolute Gasteiger partial charge is 0.343 e. The van der Waals surface area contributed by atoms with Gasteiger partial charge in [0.25, 0.3) is 0 Å². The van der Waals surface area contributed by atoms with E-state index in [0.717, 1.165) is 28.4 Å². The number of fused-ring (bicyclic) bond motifs is 4. The van der Waals surface area contributed by atoms with E-state index in [4.69, 9.17) is 6.42 Å². The summed E-state index contributed by atoms with van der Waals surface area (Å²) < 4.78 is 2.14. The molecule has 0 radical (unpaired) electrons. The van der Waals surface area contributed by atoms with E-state index in [1.54, 1.807) is 0 Å². The molecular weight excluding hydrogens is 368 g/mol. The molecule has 4 heteroatoms. The van der Waals surface area contributed by atoms with Crippen LogP contribution in [0.25, 0.3) is 32.6 Å². The third-order valence-corrected chi connectivity index (χ3v) is 5.54. The van der Waals surface area contributed by atoms with Gasteiger partial charge in [-0.25, -0.2) is 0 Å². The maximum absolute atomic E-state index is 5.29. The Hall–Kier alpha value is -3.97. The average Bonchev–Trinajstić information content (AvgIpc) is 3.09. The molecule has 0 aliphatic carbocycles. The number of pyridine rings is 2. The Labute approximate surface area is 174 Å². The number of aryl methyl sites for hydroxylation is 1. The summed E-state index contributed by atoms with van der Waals surface area (Å²) >= 11 is 0. The summed E-state index contributed by atoms with van der Waals surface area (Å²) in [5.74, 6) is 2.54. The molecule has 0 bridgehead atoms. The van der Waals surface area contributed by atoms with Crippen LogP contribution in [0, 0.1) is 12.3 Å². The van der Waals surface area contributed by atoms with Crippen molar-refractivity contribution in [2.24, 2.45) is 12.0 Å². The van der Waals surface area contributed by atoms with Gasteiger partial charge in [-0.2, -0.15) is 0 Å². The molecule has 5 aromatic rings. The Bertz CT molecular complexity index is 1470. The van der Waals surface area contributed by atoms with Gasteiger partial charge in [0.15, 0.2) is 0 Å². The van der Waals surface area contributed by atoms with Crippen LogP contribution in [-0.4, -0.2) is 27.3 Å². The molecule has 0 aliphatic heterocycles. The second kappa shape index (κ2) is 7.46. The summed E-state index contributed by atoms with van der Waals surface area (Å²) in [7, 11) is 2.05. The first-order valence-corrected chi connectivity index (χ1v) is 9.86. The topological polar surface area (TPSA) is 43.1 Å². The molecular formula is C26H20N4. The molecule has 5 rings (SSSR count). The zero-order valence-electron chi connectivity index (χ0n) is 16.7. The first kappa shape index (κ1) is 18.1. The van der Waals surface area contributed by atoms with Crippen LogP contribution in [0.4, 0.5) is 0 Å². The Balaban J connectivity index is 1.55. The van der Waals surface area contributed by atoms with Crippen molar-refractivity contribution in [2.45, 2.75) is 6.42 Å². The van der Waals surface area contributed by atoms with Gasteiger partial charge in [0, 0.05) is 53.5 Å². The van der Waals surface area contributed by atoms with Crippen LogP contribution in [-0.2, 0) is 13.5 Å². The van der Waals surface area contributed by atoms with Crippen LogP contribution in [0.5, 0.6) is 0 Å². The summed E-state index contributed by atoms with van der Waals surface area (Å²) in [5, 5.41) is 4.62. The Morgan fingerprint density at radius 1 is 1.07 bits per heavy atom. The second-order valence-electron chi connectivity index (χ2n) is 7.41. The standard InChI is InChI=1S/C26H20N4/c1-3-10-27-16-22-14-20-12-18(6-9-25(20)30(22)2)13-21-15-28-17-24-23(21)8-7-19-5-4-11-29-26(19)24/h1,4-9,11-12,14-17H,10,13H2,2H3. The quantitative estimate of drug-likeness (QED) is 0.249. The van der Waals surface area contributed by atoms with Crippen LogP contribution >= 0.6 is 0 Å². The molecule has 0 N–H and O–H groups in total. The Morgan fingerprint density at radius 3 is 2.90 bits per heavy atom. The van der Waals surface area contributed by atoms with Crippen molar-refractivity contribution in [1.82, 2.24) is 14.5 Å². The molecule has 0 atom stereocenters. The maximum atomic E-state index is 5.29. The van der Waals surface area contributed by atoms with Gasteiger partial charge in [0.2, 0.25) is 0 Å². The highest BCUT2D eigenvalue weighted by atomic mass is 15.0. The van der Waals surface area contributed by atoms with Gasteiger partial charge in [0.05, 0.1) is 17.8 Å². The maximum Gasteiger partial charge on any atom is 0.0995 e. The number of benzene rings is 2. The number of hydrogen-bond acceptors (Lipinski definition) is 3. The molecule has 3 aromatic heterocycles. The summed E-state index contributed by atoms with van der Waals surface area (Å²) in [5.41, 5.74) is 5.66. The van der Waals surface area contributed by atoms with Crippen LogP contribution < -0.4 is 0 Å². The van der Waals surface area contributed by atoms with E-state index in [-0.39, 0.29) is 0 Å². The predicted molar refractivity (Wildman–Crippen MR) is 124 cm³/mol. The van der Waals surface area contributed by atoms with E-state index in [1.807, 2.05) is 37.9 Å². The average molecular weight is 388 g/mol. The van der Waals surface area contributed by atoms with Gasteiger partial charge in [-0.3, -0.25) is 15.0 Å². The summed E-state index contributed by atoms with van der Waals surface area (Å²) in [4.78, 5) is 13.3. The lowest BCUT2D eigenvalue weighted by atomic mass is 9.98. The van der Waals surface area contributed by atoms with Crippen molar-refractivity contribution in [1.29, 1.82) is 0 Å². The minimum Gasteiger partial charge on any atom is -0.343 e. The lowest BCUT2D eigenvalue weighted by molar-refractivity contribution is 0.957. The van der Waals surface area contributed by atoms with Crippen LogP contribution in [0.2, 0.25) is 0 Å². The third kappa shape index (κ3) is 3.11. The molecule has 4 nitrogen and oxygen atoms in total. The first-order chi connectivity index (χ1) is 14.7. The molecule has 0 spiro atoms. The van der Waals surface area contributed by atoms with Gasteiger partial charge >= 0.3 is 0 Å². The zero-order valence-corrected chi connectivity index (χ0v) is 16.7. The highest BCUT2D eigenvalue weighted by Gasteiger charge is 2.09. The second-order valence-corrected chi connectivity index (χ2v) is 7.41. The lowest BCUT2D eigenvalue weighted by Gasteiger charge is -2.09. The van der Waals surface area contributed by atoms with Crippen molar-refractivity contribution in [3.63, 3.8) is 0 Å². The summed E-state index contributed by atoms with van der Waals surface area (Å²) in [6.07, 6.45) is 13.7. The van der Waals surface area contributed by atoms with E-state index in [0.29, 0.717) is 6.54 Å². The number of rotatable bonds is 4. The van der Waals surface area contributed by atoms with Gasteiger partial charge < -0.3 is 4.57 Å². The van der Waals surface area contributed by atoms with Crippen LogP contribution in [0.15, 0.2) is 72.1 Å². The summed E-state index contributed by atoms with van der Waals surface area (Å²) in [6, 6.07) is 17.1. The van der Waals surface area contributed by atoms with Crippen LogP contribution in [0.1, 0.15) is 16.8 Å². The number of terminal acetylenes is 1. The van der Waals surface area contributed by atoms with Gasteiger partial charge in [-0.15, -0.1) is 6.42 Å². The van der Waals surface area contributed by atoms with E-state index in [1.165, 1.54) is 27.4 Å².